The lowest BCUT2D eigenvalue weighted by molar-refractivity contribution is -0.145. The lowest BCUT2D eigenvalue weighted by atomic mass is 9.77. The first-order valence-corrected chi connectivity index (χ1v) is 11.6. The van der Waals surface area contributed by atoms with Crippen molar-refractivity contribution in [3.8, 4) is 5.75 Å². The van der Waals surface area contributed by atoms with Crippen LogP contribution in [0, 0.1) is 11.2 Å². The number of hydrogen-bond donors (Lipinski definition) is 3. The maximum absolute atomic E-state index is 13.1. The number of halogens is 2. The fourth-order valence-corrected chi connectivity index (χ4v) is 5.19. The molecule has 32 heavy (non-hydrogen) atoms. The van der Waals surface area contributed by atoms with Gasteiger partial charge in [0.15, 0.2) is 0 Å². The second kappa shape index (κ2) is 9.32. The maximum atomic E-state index is 13.1. The molecule has 1 heterocycles. The highest BCUT2D eigenvalue weighted by molar-refractivity contribution is 7.89. The molecule has 1 saturated heterocycles. The third-order valence-corrected chi connectivity index (χ3v) is 6.94. The first-order valence-electron chi connectivity index (χ1n) is 9.69. The highest BCUT2D eigenvalue weighted by atomic mass is 35.5. The molecule has 0 spiro atoms. The number of nitrogens with one attached hydrogen (secondary N) is 2. The van der Waals surface area contributed by atoms with E-state index in [2.05, 4.69) is 4.72 Å². The quantitative estimate of drug-likeness (QED) is 0.409. The van der Waals surface area contributed by atoms with E-state index in [0.717, 1.165) is 0 Å². The van der Waals surface area contributed by atoms with Crippen molar-refractivity contribution in [1.29, 1.82) is 0 Å². The Morgan fingerprint density at radius 1 is 1.22 bits per heavy atom. The van der Waals surface area contributed by atoms with Crippen molar-refractivity contribution in [2.24, 2.45) is 5.41 Å². The summed E-state index contributed by atoms with van der Waals surface area (Å²) in [5.74, 6) is -0.987. The molecule has 11 heteroatoms. The molecule has 1 amide bonds. The van der Waals surface area contributed by atoms with Gasteiger partial charge in [0.1, 0.15) is 23.7 Å². The summed E-state index contributed by atoms with van der Waals surface area (Å²) < 4.78 is 52.6. The fraction of sp³-hybridized carbons (Fsp3) is 0.381. The Balaban J connectivity index is 1.75. The van der Waals surface area contributed by atoms with Gasteiger partial charge >= 0.3 is 0 Å². The molecular weight excluding hydrogens is 463 g/mol. The number of amides is 1. The molecule has 1 atom stereocenters. The summed E-state index contributed by atoms with van der Waals surface area (Å²) in [6.07, 6.45) is 0.130. The third-order valence-electron chi connectivity index (χ3n) is 5.03. The lowest BCUT2D eigenvalue weighted by Gasteiger charge is -2.42. The van der Waals surface area contributed by atoms with Crippen LogP contribution in [0.2, 0.25) is 5.02 Å². The van der Waals surface area contributed by atoms with Crippen LogP contribution in [0.25, 0.3) is 0 Å². The Morgan fingerprint density at radius 3 is 2.50 bits per heavy atom. The summed E-state index contributed by atoms with van der Waals surface area (Å²) in [4.78, 5) is 12.3. The van der Waals surface area contributed by atoms with Gasteiger partial charge in [0, 0.05) is 5.56 Å². The first kappa shape index (κ1) is 24.4. The zero-order chi connectivity index (χ0) is 23.6. The number of ether oxygens (including phenoxy) is 2. The van der Waals surface area contributed by atoms with Crippen LogP contribution in [0.1, 0.15) is 25.8 Å². The van der Waals surface area contributed by atoms with Gasteiger partial charge in [0.05, 0.1) is 23.1 Å². The van der Waals surface area contributed by atoms with Gasteiger partial charge in [0.25, 0.3) is 5.91 Å². The van der Waals surface area contributed by atoms with Crippen molar-refractivity contribution in [2.75, 3.05) is 13.2 Å². The minimum absolute atomic E-state index is 0.0651. The van der Waals surface area contributed by atoms with Gasteiger partial charge in [-0.25, -0.2) is 18.3 Å². The average Bonchev–Trinajstić information content (AvgIpc) is 2.71. The second-order valence-corrected chi connectivity index (χ2v) is 10.5. The Hall–Kier alpha value is -2.24. The molecule has 1 aliphatic rings. The molecule has 8 nitrogen and oxygen atoms in total. The number of hydrogen-bond acceptors (Lipinski definition) is 6. The lowest BCUT2D eigenvalue weighted by Crippen LogP contribution is -2.65. The third kappa shape index (κ3) is 5.57. The van der Waals surface area contributed by atoms with Gasteiger partial charge in [-0.1, -0.05) is 31.5 Å². The predicted molar refractivity (Wildman–Crippen MR) is 114 cm³/mol. The molecule has 3 N–H and O–H groups in total. The minimum atomic E-state index is -4.14. The molecule has 2 aromatic rings. The van der Waals surface area contributed by atoms with Crippen molar-refractivity contribution in [2.45, 2.75) is 37.3 Å². The number of benzene rings is 2. The summed E-state index contributed by atoms with van der Waals surface area (Å²) in [5.41, 5.74) is -0.0472. The maximum Gasteiger partial charge on any atom is 0.267 e. The van der Waals surface area contributed by atoms with Crippen LogP contribution < -0.4 is 14.9 Å². The van der Waals surface area contributed by atoms with E-state index in [1.807, 2.05) is 13.8 Å². The SMILES string of the molecule is CC1(C)COCC(NS(=O)(=O)c2ccc(OCc3ccc(F)cc3Cl)cc2)(C(=O)NO)C1. The van der Waals surface area contributed by atoms with E-state index in [9.17, 15) is 22.8 Å². The molecule has 0 saturated carbocycles. The van der Waals surface area contributed by atoms with Gasteiger partial charge in [-0.05, 0) is 48.2 Å². The van der Waals surface area contributed by atoms with Crippen LogP contribution in [0.4, 0.5) is 4.39 Å². The molecule has 174 valence electrons. The van der Waals surface area contributed by atoms with Crippen LogP contribution in [0.3, 0.4) is 0 Å². The van der Waals surface area contributed by atoms with Crippen LogP contribution in [-0.2, 0) is 26.2 Å². The van der Waals surface area contributed by atoms with Gasteiger partial charge in [-0.2, -0.15) is 4.72 Å². The number of carbonyl (C=O) groups excluding carboxylic acids is 1. The van der Waals surface area contributed by atoms with Crippen LogP contribution >= 0.6 is 11.6 Å². The monoisotopic (exact) mass is 486 g/mol. The van der Waals surface area contributed by atoms with E-state index < -0.39 is 32.7 Å². The number of rotatable bonds is 7. The number of hydroxylamine groups is 1. The molecule has 1 aliphatic heterocycles. The molecular formula is C21H24ClFN2O6S. The van der Waals surface area contributed by atoms with Crippen molar-refractivity contribution in [3.63, 3.8) is 0 Å². The topological polar surface area (TPSA) is 114 Å². The van der Waals surface area contributed by atoms with E-state index in [-0.39, 0.29) is 29.6 Å². The summed E-state index contributed by atoms with van der Waals surface area (Å²) in [7, 11) is -4.14. The predicted octanol–water partition coefficient (Wildman–Crippen LogP) is 3.03. The molecule has 0 radical (unpaired) electrons. The highest BCUT2D eigenvalue weighted by Gasteiger charge is 2.49. The normalized spacial score (nSPS) is 20.5. The van der Waals surface area contributed by atoms with Gasteiger partial charge in [0.2, 0.25) is 10.0 Å². The Bertz CT molecular complexity index is 1090. The van der Waals surface area contributed by atoms with E-state index >= 15 is 0 Å². The molecule has 1 unspecified atom stereocenters. The molecule has 2 aromatic carbocycles. The largest absolute Gasteiger partial charge is 0.489 e. The van der Waals surface area contributed by atoms with Crippen molar-refractivity contribution in [1.82, 2.24) is 10.2 Å². The van der Waals surface area contributed by atoms with Gasteiger partial charge in [-0.15, -0.1) is 0 Å². The van der Waals surface area contributed by atoms with E-state index in [0.29, 0.717) is 17.9 Å². The molecule has 1 fully saturated rings. The Kier molecular flexibility index (Phi) is 7.11. The van der Waals surface area contributed by atoms with Gasteiger partial charge in [-0.3, -0.25) is 10.0 Å². The summed E-state index contributed by atoms with van der Waals surface area (Å²) >= 11 is 5.98. The van der Waals surface area contributed by atoms with E-state index in [1.165, 1.54) is 47.9 Å². The fourth-order valence-electron chi connectivity index (χ4n) is 3.62. The minimum Gasteiger partial charge on any atom is -0.489 e. The van der Waals surface area contributed by atoms with Crippen molar-refractivity contribution < 1.29 is 32.3 Å². The number of carbonyl (C=O) groups is 1. The molecule has 0 aromatic heterocycles. The zero-order valence-electron chi connectivity index (χ0n) is 17.5. The molecule has 0 aliphatic carbocycles. The Labute approximate surface area is 190 Å². The van der Waals surface area contributed by atoms with Crippen molar-refractivity contribution in [3.05, 3.63) is 58.9 Å². The number of sulfonamides is 1. The summed E-state index contributed by atoms with van der Waals surface area (Å²) in [6, 6.07) is 9.49. The summed E-state index contributed by atoms with van der Waals surface area (Å²) in [5, 5.41) is 9.40. The highest BCUT2D eigenvalue weighted by Crippen LogP contribution is 2.35. The zero-order valence-corrected chi connectivity index (χ0v) is 19.1. The molecule has 3 rings (SSSR count). The van der Waals surface area contributed by atoms with E-state index in [4.69, 9.17) is 21.1 Å². The van der Waals surface area contributed by atoms with Crippen LogP contribution in [-0.4, -0.2) is 38.3 Å². The van der Waals surface area contributed by atoms with Crippen LogP contribution in [0.5, 0.6) is 5.75 Å². The molecule has 0 bridgehead atoms. The average molecular weight is 487 g/mol. The second-order valence-electron chi connectivity index (χ2n) is 8.46. The van der Waals surface area contributed by atoms with Gasteiger partial charge < -0.3 is 9.47 Å². The first-order chi connectivity index (χ1) is 15.0. The summed E-state index contributed by atoms with van der Waals surface area (Å²) in [6.45, 7) is 3.86. The van der Waals surface area contributed by atoms with E-state index in [1.54, 1.807) is 0 Å². The smallest absolute Gasteiger partial charge is 0.267 e. The van der Waals surface area contributed by atoms with Crippen LogP contribution in [0.15, 0.2) is 47.4 Å². The Morgan fingerprint density at radius 2 is 1.91 bits per heavy atom. The standard InChI is InChI=1S/C21H24ClFN2O6S/c1-20(2)11-21(13-30-12-20,19(26)24-27)25-32(28,29)17-7-5-16(6-8-17)31-10-14-3-4-15(23)9-18(14)22/h3-9,25,27H,10-13H2,1-2H3,(H,24,26). The van der Waals surface area contributed by atoms with Crippen molar-refractivity contribution >= 4 is 27.5 Å².